The molecule has 0 radical (unpaired) electrons. The number of hydrogen-bond acceptors (Lipinski definition) is 3. The highest BCUT2D eigenvalue weighted by Gasteiger charge is 2.38. The van der Waals surface area contributed by atoms with Gasteiger partial charge in [-0.1, -0.05) is 24.3 Å². The molecular weight excluding hydrogens is 337 g/mol. The molecule has 2 heterocycles. The maximum atomic E-state index is 12.4. The van der Waals surface area contributed by atoms with Gasteiger partial charge in [0.1, 0.15) is 0 Å². The van der Waals surface area contributed by atoms with Crippen LogP contribution in [0.15, 0.2) is 24.3 Å². The van der Waals surface area contributed by atoms with Gasteiger partial charge in [0, 0.05) is 19.6 Å². The molecule has 0 aromatic heterocycles. The Kier molecular flexibility index (Phi) is 6.05. The van der Waals surface area contributed by atoms with Crippen molar-refractivity contribution in [1.82, 2.24) is 10.2 Å². The number of nitrogens with one attached hydrogen (secondary N) is 1. The third kappa shape index (κ3) is 4.72. The summed E-state index contributed by atoms with van der Waals surface area (Å²) in [6.45, 7) is 4.78. The Morgan fingerprint density at radius 2 is 1.84 bits per heavy atom. The smallest absolute Gasteiger partial charge is 0.475 e. The average molecular weight is 358 g/mol. The zero-order chi connectivity index (χ0) is 18.6. The fourth-order valence-electron chi connectivity index (χ4n) is 3.01. The van der Waals surface area contributed by atoms with E-state index in [1.165, 1.54) is 11.1 Å². The second-order valence-electron chi connectivity index (χ2n) is 6.20. The minimum absolute atomic E-state index is 0.217. The molecule has 25 heavy (non-hydrogen) atoms. The number of carbonyl (C=O) groups is 2. The fraction of sp³-hybridized carbons (Fsp3) is 0.529. The number of halogens is 3. The summed E-state index contributed by atoms with van der Waals surface area (Å²) in [5, 5.41) is 10.3. The number of rotatable bonds is 2. The summed E-state index contributed by atoms with van der Waals surface area (Å²) in [5.41, 5.74) is 2.63. The van der Waals surface area contributed by atoms with Crippen LogP contribution in [0.2, 0.25) is 0 Å². The molecule has 1 aromatic carbocycles. The first-order chi connectivity index (χ1) is 11.7. The Morgan fingerprint density at radius 1 is 1.24 bits per heavy atom. The molecule has 0 bridgehead atoms. The number of likely N-dealkylation sites (tertiary alicyclic amines) is 1. The van der Waals surface area contributed by atoms with Gasteiger partial charge in [0.25, 0.3) is 0 Å². The zero-order valence-electron chi connectivity index (χ0n) is 13.8. The first-order valence-corrected chi connectivity index (χ1v) is 8.08. The quantitative estimate of drug-likeness (QED) is 0.852. The molecule has 1 amide bonds. The van der Waals surface area contributed by atoms with Crippen molar-refractivity contribution in [2.75, 3.05) is 19.6 Å². The molecule has 2 N–H and O–H groups in total. The largest absolute Gasteiger partial charge is 0.490 e. The number of benzene rings is 1. The van der Waals surface area contributed by atoms with Gasteiger partial charge in [-0.3, -0.25) is 4.79 Å². The van der Waals surface area contributed by atoms with Crippen molar-refractivity contribution in [3.8, 4) is 0 Å². The summed E-state index contributed by atoms with van der Waals surface area (Å²) in [5.74, 6) is -2.19. The molecule has 138 valence electrons. The van der Waals surface area contributed by atoms with E-state index in [2.05, 4.69) is 41.4 Å². The normalized spacial score (nSPS) is 20.5. The third-order valence-electron chi connectivity index (χ3n) is 4.46. The lowest BCUT2D eigenvalue weighted by molar-refractivity contribution is -0.192. The average Bonchev–Trinajstić information content (AvgIpc) is 2.94. The maximum Gasteiger partial charge on any atom is 0.490 e. The second kappa shape index (κ2) is 7.86. The van der Waals surface area contributed by atoms with E-state index in [0.717, 1.165) is 32.5 Å². The lowest BCUT2D eigenvalue weighted by Crippen LogP contribution is -2.51. The summed E-state index contributed by atoms with van der Waals surface area (Å²) in [6, 6.07) is 8.76. The SMILES string of the molecule is Cc1ccccc1C1CCCN1C(=O)C1CNC1.O=C(O)C(F)(F)F. The summed E-state index contributed by atoms with van der Waals surface area (Å²) in [4.78, 5) is 23.4. The zero-order valence-corrected chi connectivity index (χ0v) is 13.8. The highest BCUT2D eigenvalue weighted by molar-refractivity contribution is 5.81. The number of amides is 1. The molecule has 1 atom stereocenters. The Bertz CT molecular complexity index is 630. The lowest BCUT2D eigenvalue weighted by atomic mass is 9.97. The minimum atomic E-state index is -5.08. The molecule has 5 nitrogen and oxygen atoms in total. The van der Waals surface area contributed by atoms with Crippen LogP contribution in [0.25, 0.3) is 0 Å². The van der Waals surface area contributed by atoms with Crippen LogP contribution < -0.4 is 5.32 Å². The molecule has 2 fully saturated rings. The van der Waals surface area contributed by atoms with Crippen molar-refractivity contribution in [3.05, 3.63) is 35.4 Å². The van der Waals surface area contributed by atoms with Crippen molar-refractivity contribution in [2.45, 2.75) is 32.0 Å². The first kappa shape index (κ1) is 19.2. The standard InChI is InChI=1S/C15H20N2O.C2HF3O2/c1-11-5-2-3-6-13(11)14-7-4-8-17(14)15(18)12-9-16-10-12;3-2(4,5)1(6)7/h2-3,5-6,12,14,16H,4,7-10H2,1H3;(H,6,7). The maximum absolute atomic E-state index is 12.4. The molecular formula is C17H21F3N2O3. The Morgan fingerprint density at radius 3 is 2.32 bits per heavy atom. The number of carboxylic acid groups (broad SMARTS) is 1. The first-order valence-electron chi connectivity index (χ1n) is 8.08. The van der Waals surface area contributed by atoms with Gasteiger partial charge in [-0.25, -0.2) is 4.79 Å². The number of carbonyl (C=O) groups excluding carboxylic acids is 1. The predicted octanol–water partition coefficient (Wildman–Crippen LogP) is 2.51. The van der Waals surface area contributed by atoms with Crippen molar-refractivity contribution in [2.24, 2.45) is 5.92 Å². The lowest BCUT2D eigenvalue weighted by Gasteiger charge is -2.34. The Labute approximate surface area is 143 Å². The number of carboxylic acids is 1. The van der Waals surface area contributed by atoms with Crippen LogP contribution in [0.5, 0.6) is 0 Å². The number of nitrogens with zero attached hydrogens (tertiary/aromatic N) is 1. The molecule has 0 aliphatic carbocycles. The Balaban J connectivity index is 0.000000277. The predicted molar refractivity (Wildman–Crippen MR) is 84.9 cm³/mol. The summed E-state index contributed by atoms with van der Waals surface area (Å²) in [6.07, 6.45) is -2.85. The van der Waals surface area contributed by atoms with E-state index in [1.807, 2.05) is 0 Å². The van der Waals surface area contributed by atoms with E-state index in [1.54, 1.807) is 0 Å². The number of hydrogen-bond donors (Lipinski definition) is 2. The van der Waals surface area contributed by atoms with Gasteiger partial charge in [0.05, 0.1) is 12.0 Å². The monoisotopic (exact) mass is 358 g/mol. The third-order valence-corrected chi connectivity index (χ3v) is 4.46. The van der Waals surface area contributed by atoms with Crippen molar-refractivity contribution in [3.63, 3.8) is 0 Å². The van der Waals surface area contributed by atoms with Crippen LogP contribution in [0.3, 0.4) is 0 Å². The van der Waals surface area contributed by atoms with Crippen LogP contribution in [-0.4, -0.2) is 47.7 Å². The van der Waals surface area contributed by atoms with Gasteiger partial charge >= 0.3 is 12.1 Å². The minimum Gasteiger partial charge on any atom is -0.475 e. The summed E-state index contributed by atoms with van der Waals surface area (Å²) in [7, 11) is 0. The number of aryl methyl sites for hydroxylation is 1. The van der Waals surface area contributed by atoms with Crippen LogP contribution >= 0.6 is 0 Å². The second-order valence-corrected chi connectivity index (χ2v) is 6.20. The molecule has 3 rings (SSSR count). The van der Waals surface area contributed by atoms with Crippen molar-refractivity contribution < 1.29 is 27.9 Å². The molecule has 2 saturated heterocycles. The molecule has 1 unspecified atom stereocenters. The van der Waals surface area contributed by atoms with E-state index in [0.29, 0.717) is 11.9 Å². The number of aliphatic carboxylic acids is 1. The van der Waals surface area contributed by atoms with Crippen LogP contribution in [0.4, 0.5) is 13.2 Å². The molecule has 8 heteroatoms. The summed E-state index contributed by atoms with van der Waals surface area (Å²) >= 11 is 0. The van der Waals surface area contributed by atoms with E-state index in [-0.39, 0.29) is 5.92 Å². The molecule has 0 spiro atoms. The molecule has 0 saturated carbocycles. The topological polar surface area (TPSA) is 69.6 Å². The van der Waals surface area contributed by atoms with Gasteiger partial charge in [-0.2, -0.15) is 13.2 Å². The van der Waals surface area contributed by atoms with Gasteiger partial charge in [-0.05, 0) is 30.9 Å². The van der Waals surface area contributed by atoms with E-state index < -0.39 is 12.1 Å². The van der Waals surface area contributed by atoms with Crippen LogP contribution in [0, 0.1) is 12.8 Å². The van der Waals surface area contributed by atoms with Crippen molar-refractivity contribution in [1.29, 1.82) is 0 Å². The Hall–Kier alpha value is -2.09. The van der Waals surface area contributed by atoms with Crippen molar-refractivity contribution >= 4 is 11.9 Å². The highest BCUT2D eigenvalue weighted by Crippen LogP contribution is 2.34. The fourth-order valence-corrected chi connectivity index (χ4v) is 3.01. The van der Waals surface area contributed by atoms with Gasteiger partial charge in [0.2, 0.25) is 5.91 Å². The van der Waals surface area contributed by atoms with E-state index in [9.17, 15) is 18.0 Å². The molecule has 2 aliphatic heterocycles. The highest BCUT2D eigenvalue weighted by atomic mass is 19.4. The van der Waals surface area contributed by atoms with Crippen LogP contribution in [-0.2, 0) is 9.59 Å². The van der Waals surface area contributed by atoms with E-state index in [4.69, 9.17) is 9.90 Å². The van der Waals surface area contributed by atoms with Gasteiger partial charge in [-0.15, -0.1) is 0 Å². The van der Waals surface area contributed by atoms with Gasteiger partial charge in [0.15, 0.2) is 0 Å². The van der Waals surface area contributed by atoms with Gasteiger partial charge < -0.3 is 15.3 Å². The summed E-state index contributed by atoms with van der Waals surface area (Å²) < 4.78 is 31.7. The van der Waals surface area contributed by atoms with Crippen LogP contribution in [0.1, 0.15) is 30.0 Å². The van der Waals surface area contributed by atoms with E-state index >= 15 is 0 Å². The molecule has 1 aromatic rings. The molecule has 2 aliphatic rings. The number of alkyl halides is 3.